The highest BCUT2D eigenvalue weighted by Crippen LogP contribution is 2.34. The summed E-state index contributed by atoms with van der Waals surface area (Å²) in [7, 11) is 1.65. The Morgan fingerprint density at radius 2 is 2.15 bits per heavy atom. The average Bonchev–Trinajstić information content (AvgIpc) is 2.90. The maximum atomic E-state index is 11.4. The zero-order valence-electron chi connectivity index (χ0n) is 11.8. The van der Waals surface area contributed by atoms with E-state index in [1.54, 1.807) is 14.0 Å². The molecule has 5 heteroatoms. The van der Waals surface area contributed by atoms with Crippen LogP contribution >= 0.6 is 0 Å². The summed E-state index contributed by atoms with van der Waals surface area (Å²) in [6, 6.07) is 5.73. The number of hydrogen-bond donors (Lipinski definition) is 0. The molecule has 1 fully saturated rings. The van der Waals surface area contributed by atoms with Crippen molar-refractivity contribution in [1.82, 2.24) is 10.1 Å². The summed E-state index contributed by atoms with van der Waals surface area (Å²) in [4.78, 5) is 13.3. The van der Waals surface area contributed by atoms with Crippen LogP contribution < -0.4 is 4.74 Å². The zero-order valence-corrected chi connectivity index (χ0v) is 11.8. The number of carbonyl (C=O) groups is 1. The molecule has 1 amide bonds. The van der Waals surface area contributed by atoms with Crippen LogP contribution in [0.2, 0.25) is 0 Å². The largest absolute Gasteiger partial charge is 0.497 e. The van der Waals surface area contributed by atoms with E-state index in [4.69, 9.17) is 9.26 Å². The van der Waals surface area contributed by atoms with Crippen molar-refractivity contribution >= 4 is 16.9 Å². The van der Waals surface area contributed by atoms with Gasteiger partial charge in [-0.15, -0.1) is 0 Å². The molecule has 0 spiro atoms. The smallest absolute Gasteiger partial charge is 0.219 e. The highest BCUT2D eigenvalue weighted by Gasteiger charge is 2.26. The molecular weight excluding hydrogens is 256 g/mol. The van der Waals surface area contributed by atoms with E-state index < -0.39 is 0 Å². The molecule has 1 aromatic carbocycles. The van der Waals surface area contributed by atoms with E-state index >= 15 is 0 Å². The van der Waals surface area contributed by atoms with Crippen molar-refractivity contribution in [3.05, 3.63) is 23.9 Å². The quantitative estimate of drug-likeness (QED) is 0.844. The van der Waals surface area contributed by atoms with Gasteiger partial charge in [-0.05, 0) is 31.0 Å². The summed E-state index contributed by atoms with van der Waals surface area (Å²) in [5, 5.41) is 5.25. The van der Waals surface area contributed by atoms with Gasteiger partial charge in [0.15, 0.2) is 5.58 Å². The van der Waals surface area contributed by atoms with Crippen molar-refractivity contribution in [2.75, 3.05) is 20.2 Å². The number of ether oxygens (including phenoxy) is 1. The second kappa shape index (κ2) is 5.15. The highest BCUT2D eigenvalue weighted by atomic mass is 16.5. The third-order valence-electron chi connectivity index (χ3n) is 4.03. The Morgan fingerprint density at radius 1 is 1.40 bits per heavy atom. The van der Waals surface area contributed by atoms with Gasteiger partial charge in [0.1, 0.15) is 5.75 Å². The average molecular weight is 274 g/mol. The van der Waals surface area contributed by atoms with E-state index in [0.717, 1.165) is 48.3 Å². The van der Waals surface area contributed by atoms with E-state index in [-0.39, 0.29) is 5.91 Å². The standard InChI is InChI=1S/C15H18N2O3/c1-10(18)17-7-5-11(6-8-17)15-13-9-12(19-2)3-4-14(13)20-16-15/h3-4,9,11H,5-8H2,1-2H3. The Kier molecular flexibility index (Phi) is 3.34. The molecule has 2 heterocycles. The van der Waals surface area contributed by atoms with E-state index in [0.29, 0.717) is 5.92 Å². The number of rotatable bonds is 2. The molecule has 0 bridgehead atoms. The molecule has 0 aliphatic carbocycles. The fourth-order valence-corrected chi connectivity index (χ4v) is 2.83. The molecular formula is C15H18N2O3. The molecule has 20 heavy (non-hydrogen) atoms. The lowest BCUT2D eigenvalue weighted by Gasteiger charge is -2.30. The number of likely N-dealkylation sites (tertiary alicyclic amines) is 1. The minimum atomic E-state index is 0.148. The number of aromatic nitrogens is 1. The molecule has 5 nitrogen and oxygen atoms in total. The molecule has 2 aromatic rings. The fraction of sp³-hybridized carbons (Fsp3) is 0.467. The lowest BCUT2D eigenvalue weighted by Crippen LogP contribution is -2.36. The van der Waals surface area contributed by atoms with Crippen LogP contribution in [0.1, 0.15) is 31.4 Å². The fourth-order valence-electron chi connectivity index (χ4n) is 2.83. The van der Waals surface area contributed by atoms with Gasteiger partial charge in [-0.2, -0.15) is 0 Å². The topological polar surface area (TPSA) is 55.6 Å². The summed E-state index contributed by atoms with van der Waals surface area (Å²) in [5.74, 6) is 1.30. The molecule has 1 aliphatic heterocycles. The summed E-state index contributed by atoms with van der Waals surface area (Å²) in [6.07, 6.45) is 1.86. The van der Waals surface area contributed by atoms with Gasteiger partial charge in [-0.1, -0.05) is 5.16 Å². The number of benzene rings is 1. The first-order chi connectivity index (χ1) is 9.69. The van der Waals surface area contributed by atoms with Crippen LogP contribution in [0, 0.1) is 0 Å². The van der Waals surface area contributed by atoms with E-state index in [2.05, 4.69) is 5.16 Å². The van der Waals surface area contributed by atoms with Gasteiger partial charge in [-0.25, -0.2) is 0 Å². The Bertz CT molecular complexity index is 627. The van der Waals surface area contributed by atoms with Gasteiger partial charge in [0.25, 0.3) is 0 Å². The van der Waals surface area contributed by atoms with Gasteiger partial charge >= 0.3 is 0 Å². The Labute approximate surface area is 117 Å². The van der Waals surface area contributed by atoms with E-state index in [9.17, 15) is 4.79 Å². The van der Waals surface area contributed by atoms with Crippen molar-refractivity contribution in [1.29, 1.82) is 0 Å². The lowest BCUT2D eigenvalue weighted by atomic mass is 9.91. The van der Waals surface area contributed by atoms with Crippen LogP contribution in [0.4, 0.5) is 0 Å². The van der Waals surface area contributed by atoms with Gasteiger partial charge in [0.05, 0.1) is 12.8 Å². The molecule has 3 rings (SSSR count). The molecule has 0 saturated carbocycles. The number of carbonyl (C=O) groups excluding carboxylic acids is 1. The van der Waals surface area contributed by atoms with Gasteiger partial charge in [0.2, 0.25) is 5.91 Å². The molecule has 1 aliphatic rings. The van der Waals surface area contributed by atoms with Crippen LogP contribution in [-0.4, -0.2) is 36.2 Å². The number of nitrogens with zero attached hydrogens (tertiary/aromatic N) is 2. The number of hydrogen-bond acceptors (Lipinski definition) is 4. The molecule has 106 valence electrons. The molecule has 0 atom stereocenters. The first kappa shape index (κ1) is 13.0. The second-order valence-corrected chi connectivity index (χ2v) is 5.21. The molecule has 0 unspecified atom stereocenters. The van der Waals surface area contributed by atoms with Crippen molar-refractivity contribution in [3.63, 3.8) is 0 Å². The van der Waals surface area contributed by atoms with Crippen molar-refractivity contribution in [2.24, 2.45) is 0 Å². The Balaban J connectivity index is 1.86. The summed E-state index contributed by atoms with van der Waals surface area (Å²) in [5.41, 5.74) is 1.77. The minimum absolute atomic E-state index is 0.148. The van der Waals surface area contributed by atoms with Crippen LogP contribution in [-0.2, 0) is 4.79 Å². The molecule has 0 radical (unpaired) electrons. The van der Waals surface area contributed by atoms with E-state index in [1.165, 1.54) is 0 Å². The normalized spacial score (nSPS) is 16.6. The van der Waals surface area contributed by atoms with Crippen LogP contribution in [0.25, 0.3) is 11.0 Å². The Morgan fingerprint density at radius 3 is 2.80 bits per heavy atom. The second-order valence-electron chi connectivity index (χ2n) is 5.21. The maximum Gasteiger partial charge on any atom is 0.219 e. The third-order valence-corrected chi connectivity index (χ3v) is 4.03. The lowest BCUT2D eigenvalue weighted by molar-refractivity contribution is -0.129. The van der Waals surface area contributed by atoms with Gasteiger partial charge in [-0.3, -0.25) is 4.79 Å². The van der Waals surface area contributed by atoms with Crippen LogP contribution in [0.15, 0.2) is 22.7 Å². The zero-order chi connectivity index (χ0) is 14.1. The van der Waals surface area contributed by atoms with Gasteiger partial charge in [0, 0.05) is 31.3 Å². The summed E-state index contributed by atoms with van der Waals surface area (Å²) < 4.78 is 10.7. The van der Waals surface area contributed by atoms with E-state index in [1.807, 2.05) is 23.1 Å². The number of amides is 1. The Hall–Kier alpha value is -2.04. The molecule has 1 aromatic heterocycles. The predicted octanol–water partition coefficient (Wildman–Crippen LogP) is 2.56. The van der Waals surface area contributed by atoms with Crippen LogP contribution in [0.5, 0.6) is 5.75 Å². The number of piperidine rings is 1. The van der Waals surface area contributed by atoms with Crippen molar-refractivity contribution < 1.29 is 14.1 Å². The van der Waals surface area contributed by atoms with Gasteiger partial charge < -0.3 is 14.2 Å². The summed E-state index contributed by atoms with van der Waals surface area (Å²) >= 11 is 0. The molecule has 1 saturated heterocycles. The number of methoxy groups -OCH3 is 1. The first-order valence-corrected chi connectivity index (χ1v) is 6.88. The first-order valence-electron chi connectivity index (χ1n) is 6.88. The van der Waals surface area contributed by atoms with Crippen LogP contribution in [0.3, 0.4) is 0 Å². The van der Waals surface area contributed by atoms with Crippen molar-refractivity contribution in [3.8, 4) is 5.75 Å². The highest BCUT2D eigenvalue weighted by molar-refractivity contribution is 5.81. The summed E-state index contributed by atoms with van der Waals surface area (Å²) in [6.45, 7) is 3.20. The maximum absolute atomic E-state index is 11.4. The number of fused-ring (bicyclic) bond motifs is 1. The van der Waals surface area contributed by atoms with Crippen molar-refractivity contribution in [2.45, 2.75) is 25.7 Å². The molecule has 0 N–H and O–H groups in total. The third kappa shape index (κ3) is 2.24. The predicted molar refractivity (Wildman–Crippen MR) is 74.8 cm³/mol. The SMILES string of the molecule is COc1ccc2onc(C3CCN(C(C)=O)CC3)c2c1. The minimum Gasteiger partial charge on any atom is -0.497 e. The monoisotopic (exact) mass is 274 g/mol.